The van der Waals surface area contributed by atoms with Gasteiger partial charge >= 0.3 is 0 Å². The van der Waals surface area contributed by atoms with E-state index < -0.39 is 0 Å². The van der Waals surface area contributed by atoms with E-state index in [0.717, 1.165) is 25.7 Å². The lowest BCUT2D eigenvalue weighted by Gasteiger charge is -2.13. The molecule has 0 heterocycles. The van der Waals surface area contributed by atoms with Crippen molar-refractivity contribution >= 4 is 29.1 Å². The quantitative estimate of drug-likeness (QED) is 0.381. The molecule has 0 saturated carbocycles. The van der Waals surface area contributed by atoms with Crippen molar-refractivity contribution in [1.82, 2.24) is 16.2 Å². The van der Waals surface area contributed by atoms with Gasteiger partial charge in [0.1, 0.15) is 5.75 Å². The van der Waals surface area contributed by atoms with Crippen LogP contribution in [0.5, 0.6) is 5.75 Å². The molecule has 0 atom stereocenters. The number of rotatable bonds is 8. The Morgan fingerprint density at radius 2 is 1.83 bits per heavy atom. The van der Waals surface area contributed by atoms with Crippen LogP contribution in [0.2, 0.25) is 0 Å². The molecule has 2 amide bonds. The third kappa shape index (κ3) is 7.41. The van der Waals surface area contributed by atoms with Crippen LogP contribution < -0.4 is 20.9 Å². The van der Waals surface area contributed by atoms with Crippen molar-refractivity contribution in [3.8, 4) is 5.75 Å². The van der Waals surface area contributed by atoms with E-state index >= 15 is 0 Å². The van der Waals surface area contributed by atoms with Gasteiger partial charge in [0.05, 0.1) is 12.2 Å². The highest BCUT2D eigenvalue weighted by Crippen LogP contribution is 2.17. The number of ether oxygens (including phenoxy) is 1. The summed E-state index contributed by atoms with van der Waals surface area (Å²) in [5.41, 5.74) is 5.40. The first-order chi connectivity index (χ1) is 11.6. The summed E-state index contributed by atoms with van der Waals surface area (Å²) >= 11 is 5.02. The first-order valence-corrected chi connectivity index (χ1v) is 8.61. The molecule has 0 radical (unpaired) electrons. The lowest BCUT2D eigenvalue weighted by atomic mass is 10.2. The number of nitrogens with one attached hydrogen (secondary N) is 3. The van der Waals surface area contributed by atoms with Crippen molar-refractivity contribution in [2.45, 2.75) is 46.0 Å². The van der Waals surface area contributed by atoms with Crippen LogP contribution in [0.25, 0.3) is 0 Å². The monoisotopic (exact) mass is 351 g/mol. The van der Waals surface area contributed by atoms with Gasteiger partial charge in [-0.05, 0) is 37.2 Å². The van der Waals surface area contributed by atoms with Gasteiger partial charge < -0.3 is 4.74 Å². The van der Waals surface area contributed by atoms with E-state index in [1.165, 1.54) is 0 Å². The second-order valence-corrected chi connectivity index (χ2v) is 5.67. The van der Waals surface area contributed by atoms with Crippen molar-refractivity contribution in [2.24, 2.45) is 0 Å². The van der Waals surface area contributed by atoms with Gasteiger partial charge in [-0.3, -0.25) is 25.8 Å². The van der Waals surface area contributed by atoms with Crippen LogP contribution in [0.3, 0.4) is 0 Å². The SMILES string of the molecule is CCCCCC(=O)NNC(=S)NC(=O)c1ccccc1OCCC. The maximum Gasteiger partial charge on any atom is 0.261 e. The van der Waals surface area contributed by atoms with Gasteiger partial charge in [-0.1, -0.05) is 38.8 Å². The minimum atomic E-state index is -0.389. The van der Waals surface area contributed by atoms with Crippen LogP contribution in [0.4, 0.5) is 0 Å². The minimum Gasteiger partial charge on any atom is -0.493 e. The molecule has 0 aliphatic heterocycles. The number of unbranched alkanes of at least 4 members (excludes halogenated alkanes) is 2. The smallest absolute Gasteiger partial charge is 0.261 e. The van der Waals surface area contributed by atoms with Gasteiger partial charge in [0.2, 0.25) is 5.91 Å². The fourth-order valence-corrected chi connectivity index (χ4v) is 2.06. The van der Waals surface area contributed by atoms with Crippen molar-refractivity contribution in [3.05, 3.63) is 29.8 Å². The van der Waals surface area contributed by atoms with Gasteiger partial charge in [-0.2, -0.15) is 0 Å². The molecule has 0 fully saturated rings. The van der Waals surface area contributed by atoms with E-state index in [1.807, 2.05) is 6.92 Å². The zero-order valence-corrected chi connectivity index (χ0v) is 15.0. The fraction of sp³-hybridized carbons (Fsp3) is 0.471. The molecule has 0 saturated heterocycles. The number of carbonyl (C=O) groups is 2. The molecule has 6 nitrogen and oxygen atoms in total. The summed E-state index contributed by atoms with van der Waals surface area (Å²) in [5, 5.41) is 2.56. The van der Waals surface area contributed by atoms with Crippen LogP contribution in [0.15, 0.2) is 24.3 Å². The van der Waals surface area contributed by atoms with E-state index in [2.05, 4.69) is 23.1 Å². The molecule has 0 aromatic heterocycles. The van der Waals surface area contributed by atoms with E-state index in [-0.39, 0.29) is 16.9 Å². The van der Waals surface area contributed by atoms with Crippen LogP contribution in [0.1, 0.15) is 56.3 Å². The summed E-state index contributed by atoms with van der Waals surface area (Å²) in [6, 6.07) is 6.94. The average molecular weight is 351 g/mol. The standard InChI is InChI=1S/C17H25N3O3S/c1-3-5-6-11-15(21)19-20-17(24)18-16(22)13-9-7-8-10-14(13)23-12-4-2/h7-10H,3-6,11-12H2,1-2H3,(H,19,21)(H2,18,20,22,24). The Hall–Kier alpha value is -2.15. The average Bonchev–Trinajstić information content (AvgIpc) is 2.58. The highest BCUT2D eigenvalue weighted by Gasteiger charge is 2.13. The maximum atomic E-state index is 12.3. The fourth-order valence-electron chi connectivity index (χ4n) is 1.92. The zero-order chi connectivity index (χ0) is 17.8. The molecule has 1 aromatic rings. The highest BCUT2D eigenvalue weighted by molar-refractivity contribution is 7.80. The van der Waals surface area contributed by atoms with Crippen LogP contribution in [0, 0.1) is 0 Å². The molecule has 0 bridgehead atoms. The van der Waals surface area contributed by atoms with E-state index in [9.17, 15) is 9.59 Å². The van der Waals surface area contributed by atoms with Crippen molar-refractivity contribution < 1.29 is 14.3 Å². The molecule has 7 heteroatoms. The Balaban J connectivity index is 2.47. The van der Waals surface area contributed by atoms with E-state index in [4.69, 9.17) is 17.0 Å². The van der Waals surface area contributed by atoms with Gasteiger partial charge in [0.15, 0.2) is 5.11 Å². The van der Waals surface area contributed by atoms with Crippen molar-refractivity contribution in [1.29, 1.82) is 0 Å². The minimum absolute atomic E-state index is 0.0362. The molecular weight excluding hydrogens is 326 g/mol. The molecule has 132 valence electrons. The number of hydrazine groups is 1. The number of hydrogen-bond donors (Lipinski definition) is 3. The largest absolute Gasteiger partial charge is 0.493 e. The molecule has 0 aliphatic rings. The molecule has 1 rings (SSSR count). The molecule has 0 spiro atoms. The number of hydrogen-bond acceptors (Lipinski definition) is 4. The van der Waals surface area contributed by atoms with E-state index in [0.29, 0.717) is 24.3 Å². The summed E-state index contributed by atoms with van der Waals surface area (Å²) in [4.78, 5) is 23.8. The Bertz CT molecular complexity index is 564. The second-order valence-electron chi connectivity index (χ2n) is 5.26. The number of carbonyl (C=O) groups excluding carboxylic acids is 2. The predicted octanol–water partition coefficient (Wildman–Crippen LogP) is 2.69. The summed E-state index contributed by atoms with van der Waals surface area (Å²) in [7, 11) is 0. The van der Waals surface area contributed by atoms with Crippen molar-refractivity contribution in [3.63, 3.8) is 0 Å². The molecule has 0 aliphatic carbocycles. The van der Waals surface area contributed by atoms with Gasteiger partial charge in [-0.15, -0.1) is 0 Å². The molecule has 3 N–H and O–H groups in total. The Kier molecular flexibility index (Phi) is 9.45. The number of thiocarbonyl (C=S) groups is 1. The van der Waals surface area contributed by atoms with E-state index in [1.54, 1.807) is 24.3 Å². The topological polar surface area (TPSA) is 79.5 Å². The predicted molar refractivity (Wildman–Crippen MR) is 97.7 cm³/mol. The number of para-hydroxylation sites is 1. The first kappa shape index (κ1) is 19.9. The van der Waals surface area contributed by atoms with Gasteiger partial charge in [0, 0.05) is 6.42 Å². The van der Waals surface area contributed by atoms with Gasteiger partial charge in [-0.25, -0.2) is 0 Å². The number of benzene rings is 1. The summed E-state index contributed by atoms with van der Waals surface area (Å²) in [6.07, 6.45) is 4.15. The molecule has 0 unspecified atom stereocenters. The third-order valence-electron chi connectivity index (χ3n) is 3.14. The van der Waals surface area contributed by atoms with Crippen molar-refractivity contribution in [2.75, 3.05) is 6.61 Å². The summed E-state index contributed by atoms with van der Waals surface area (Å²) in [5.74, 6) is -0.0468. The Morgan fingerprint density at radius 1 is 1.08 bits per heavy atom. The lowest BCUT2D eigenvalue weighted by molar-refractivity contribution is -0.121. The van der Waals surface area contributed by atoms with Gasteiger partial charge in [0.25, 0.3) is 5.91 Å². The third-order valence-corrected chi connectivity index (χ3v) is 3.35. The normalized spacial score (nSPS) is 9.92. The van der Waals surface area contributed by atoms with Crippen LogP contribution >= 0.6 is 12.2 Å². The maximum absolute atomic E-state index is 12.3. The summed E-state index contributed by atoms with van der Waals surface area (Å²) < 4.78 is 5.55. The Labute approximate surface area is 148 Å². The highest BCUT2D eigenvalue weighted by atomic mass is 32.1. The second kappa shape index (κ2) is 11.4. The van der Waals surface area contributed by atoms with Crippen LogP contribution in [-0.4, -0.2) is 23.5 Å². The van der Waals surface area contributed by atoms with Crippen LogP contribution in [-0.2, 0) is 4.79 Å². The molecule has 24 heavy (non-hydrogen) atoms. The summed E-state index contributed by atoms with van der Waals surface area (Å²) in [6.45, 7) is 4.59. The number of amides is 2. The lowest BCUT2D eigenvalue weighted by Crippen LogP contribution is -2.48. The Morgan fingerprint density at radius 3 is 2.54 bits per heavy atom. The zero-order valence-electron chi connectivity index (χ0n) is 14.2. The molecular formula is C17H25N3O3S. The molecule has 1 aromatic carbocycles. The first-order valence-electron chi connectivity index (χ1n) is 8.20.